The lowest BCUT2D eigenvalue weighted by Crippen LogP contribution is -1.87. The Morgan fingerprint density at radius 3 is 2.62 bits per heavy atom. The lowest BCUT2D eigenvalue weighted by molar-refractivity contribution is 1.18. The van der Waals surface area contributed by atoms with Crippen LogP contribution in [-0.2, 0) is 0 Å². The van der Waals surface area contributed by atoms with Crippen LogP contribution in [0.1, 0.15) is 0 Å². The summed E-state index contributed by atoms with van der Waals surface area (Å²) < 4.78 is 3.13. The molecule has 3 heteroatoms. The van der Waals surface area contributed by atoms with E-state index in [9.17, 15) is 0 Å². The molecule has 0 aliphatic rings. The van der Waals surface area contributed by atoms with Crippen LogP contribution in [0.2, 0.25) is 0 Å². The van der Waals surface area contributed by atoms with Crippen LogP contribution < -0.4 is 0 Å². The zero-order chi connectivity index (χ0) is 11.0. The summed E-state index contributed by atoms with van der Waals surface area (Å²) in [5.74, 6) is 0. The number of rotatable bonds is 1. The average Bonchev–Trinajstić information content (AvgIpc) is 2.73. The van der Waals surface area contributed by atoms with E-state index in [1.54, 1.807) is 0 Å². The van der Waals surface area contributed by atoms with Gasteiger partial charge >= 0.3 is 0 Å². The van der Waals surface area contributed by atoms with Gasteiger partial charge in [-0.05, 0) is 28.1 Å². The smallest absolute Gasteiger partial charge is 0.137 e. The van der Waals surface area contributed by atoms with Crippen molar-refractivity contribution in [2.75, 3.05) is 0 Å². The van der Waals surface area contributed by atoms with Crippen molar-refractivity contribution < 1.29 is 0 Å². The first-order valence-corrected chi connectivity index (χ1v) is 5.82. The molecule has 3 aromatic rings. The molecule has 2 aromatic heterocycles. The zero-order valence-electron chi connectivity index (χ0n) is 8.47. The van der Waals surface area contributed by atoms with E-state index in [-0.39, 0.29) is 0 Å². The highest BCUT2D eigenvalue weighted by atomic mass is 79.9. The van der Waals surface area contributed by atoms with E-state index in [0.29, 0.717) is 0 Å². The lowest BCUT2D eigenvalue weighted by Gasteiger charge is -2.01. The second-order valence-corrected chi connectivity index (χ2v) is 4.50. The highest BCUT2D eigenvalue weighted by molar-refractivity contribution is 9.10. The molecule has 3 rings (SSSR count). The number of fused-ring (bicyclic) bond motifs is 1. The maximum Gasteiger partial charge on any atom is 0.137 e. The van der Waals surface area contributed by atoms with Crippen molar-refractivity contribution in [1.82, 2.24) is 9.38 Å². The monoisotopic (exact) mass is 272 g/mol. The highest BCUT2D eigenvalue weighted by Crippen LogP contribution is 2.22. The van der Waals surface area contributed by atoms with Crippen LogP contribution >= 0.6 is 15.9 Å². The van der Waals surface area contributed by atoms with Crippen LogP contribution in [0.25, 0.3) is 16.9 Å². The molecule has 2 heterocycles. The maximum atomic E-state index is 4.38. The third kappa shape index (κ3) is 1.53. The van der Waals surface area contributed by atoms with E-state index in [4.69, 9.17) is 0 Å². The first-order chi connectivity index (χ1) is 7.84. The predicted molar refractivity (Wildman–Crippen MR) is 68.3 cm³/mol. The van der Waals surface area contributed by atoms with Crippen molar-refractivity contribution >= 4 is 21.6 Å². The summed E-state index contributed by atoms with van der Waals surface area (Å²) in [4.78, 5) is 4.38. The third-order valence-corrected chi connectivity index (χ3v) is 3.01. The Kier molecular flexibility index (Phi) is 2.26. The standard InChI is InChI=1S/C13H9BrN2/c14-11-6-7-13-15-8-12(16(13)9-11)10-4-2-1-3-5-10/h1-9H. The molecule has 0 bridgehead atoms. The molecule has 0 aliphatic carbocycles. The summed E-state index contributed by atoms with van der Waals surface area (Å²) in [6.07, 6.45) is 3.93. The van der Waals surface area contributed by atoms with Gasteiger partial charge in [-0.2, -0.15) is 0 Å². The molecule has 0 radical (unpaired) electrons. The number of aromatic nitrogens is 2. The van der Waals surface area contributed by atoms with E-state index >= 15 is 0 Å². The number of imidazole rings is 1. The number of benzene rings is 1. The number of halogens is 1. The lowest BCUT2D eigenvalue weighted by atomic mass is 10.2. The van der Waals surface area contributed by atoms with Crippen molar-refractivity contribution in [2.45, 2.75) is 0 Å². The number of nitrogens with zero attached hydrogens (tertiary/aromatic N) is 2. The average molecular weight is 273 g/mol. The highest BCUT2D eigenvalue weighted by Gasteiger charge is 2.04. The Hall–Kier alpha value is -1.61. The molecule has 78 valence electrons. The van der Waals surface area contributed by atoms with Crippen LogP contribution in [0.3, 0.4) is 0 Å². The normalized spacial score (nSPS) is 10.8. The topological polar surface area (TPSA) is 17.3 Å². The Labute approximate surface area is 102 Å². The summed E-state index contributed by atoms with van der Waals surface area (Å²) >= 11 is 3.48. The first-order valence-electron chi connectivity index (χ1n) is 5.02. The summed E-state index contributed by atoms with van der Waals surface area (Å²) in [5.41, 5.74) is 3.24. The number of hydrogen-bond acceptors (Lipinski definition) is 1. The van der Waals surface area contributed by atoms with E-state index in [0.717, 1.165) is 15.8 Å². The van der Waals surface area contributed by atoms with Gasteiger partial charge in [0.25, 0.3) is 0 Å². The van der Waals surface area contributed by atoms with Crippen molar-refractivity contribution in [2.24, 2.45) is 0 Å². The fraction of sp³-hybridized carbons (Fsp3) is 0. The second kappa shape index (κ2) is 3.76. The maximum absolute atomic E-state index is 4.38. The molecular formula is C13H9BrN2. The van der Waals surface area contributed by atoms with Gasteiger partial charge < -0.3 is 0 Å². The van der Waals surface area contributed by atoms with Crippen LogP contribution in [-0.4, -0.2) is 9.38 Å². The van der Waals surface area contributed by atoms with Gasteiger partial charge in [0.05, 0.1) is 11.9 Å². The fourth-order valence-electron chi connectivity index (χ4n) is 1.78. The summed E-state index contributed by atoms with van der Waals surface area (Å²) in [7, 11) is 0. The van der Waals surface area contributed by atoms with Gasteiger partial charge in [0.2, 0.25) is 0 Å². The molecule has 0 N–H and O–H groups in total. The van der Waals surface area contributed by atoms with Crippen LogP contribution in [0.5, 0.6) is 0 Å². The van der Waals surface area contributed by atoms with E-state index in [1.165, 1.54) is 5.56 Å². The SMILES string of the molecule is Brc1ccc2ncc(-c3ccccc3)n2c1. The van der Waals surface area contributed by atoms with Gasteiger partial charge in [-0.3, -0.25) is 4.40 Å². The van der Waals surface area contributed by atoms with Crippen molar-refractivity contribution in [3.05, 3.63) is 59.3 Å². The summed E-state index contributed by atoms with van der Waals surface area (Å²) in [6, 6.07) is 14.3. The van der Waals surface area contributed by atoms with Crippen molar-refractivity contribution in [3.63, 3.8) is 0 Å². The van der Waals surface area contributed by atoms with Gasteiger partial charge in [-0.1, -0.05) is 30.3 Å². The van der Waals surface area contributed by atoms with E-state index in [2.05, 4.69) is 37.4 Å². The molecule has 2 nitrogen and oxygen atoms in total. The van der Waals surface area contributed by atoms with Gasteiger partial charge in [-0.15, -0.1) is 0 Å². The second-order valence-electron chi connectivity index (χ2n) is 3.58. The van der Waals surface area contributed by atoms with Gasteiger partial charge in [0.1, 0.15) is 5.65 Å². The van der Waals surface area contributed by atoms with E-state index < -0.39 is 0 Å². The Balaban J connectivity index is 2.29. The van der Waals surface area contributed by atoms with Gasteiger partial charge in [0.15, 0.2) is 0 Å². The minimum absolute atomic E-state index is 0.960. The number of hydrogen-bond donors (Lipinski definition) is 0. The molecule has 0 saturated carbocycles. The Morgan fingerprint density at radius 1 is 1.00 bits per heavy atom. The first kappa shape index (κ1) is 9.60. The Bertz CT molecular complexity index is 629. The molecule has 0 fully saturated rings. The van der Waals surface area contributed by atoms with Crippen LogP contribution in [0.15, 0.2) is 59.3 Å². The van der Waals surface area contributed by atoms with Gasteiger partial charge in [-0.25, -0.2) is 4.98 Å². The minimum Gasteiger partial charge on any atom is -0.299 e. The minimum atomic E-state index is 0.960. The van der Waals surface area contributed by atoms with Gasteiger partial charge in [0, 0.05) is 16.2 Å². The molecule has 0 aliphatic heterocycles. The molecule has 0 atom stereocenters. The molecule has 0 unspecified atom stereocenters. The number of pyridine rings is 1. The summed E-state index contributed by atoms with van der Waals surface area (Å²) in [6.45, 7) is 0. The van der Waals surface area contributed by atoms with Crippen molar-refractivity contribution in [1.29, 1.82) is 0 Å². The molecule has 0 saturated heterocycles. The molecule has 1 aromatic carbocycles. The molecule has 0 amide bonds. The quantitative estimate of drug-likeness (QED) is 0.659. The van der Waals surface area contributed by atoms with Crippen LogP contribution in [0, 0.1) is 0 Å². The van der Waals surface area contributed by atoms with E-state index in [1.807, 2.05) is 42.7 Å². The summed E-state index contributed by atoms with van der Waals surface area (Å²) in [5, 5.41) is 0. The molecule has 0 spiro atoms. The third-order valence-electron chi connectivity index (χ3n) is 2.54. The Morgan fingerprint density at radius 2 is 1.81 bits per heavy atom. The zero-order valence-corrected chi connectivity index (χ0v) is 10.1. The fourth-order valence-corrected chi connectivity index (χ4v) is 2.11. The van der Waals surface area contributed by atoms with Crippen molar-refractivity contribution in [3.8, 4) is 11.3 Å². The molecular weight excluding hydrogens is 264 g/mol. The predicted octanol–water partition coefficient (Wildman–Crippen LogP) is 3.76. The molecule has 16 heavy (non-hydrogen) atoms. The largest absolute Gasteiger partial charge is 0.299 e. The van der Waals surface area contributed by atoms with Crippen LogP contribution in [0.4, 0.5) is 0 Å².